The predicted octanol–water partition coefficient (Wildman–Crippen LogP) is 2.91. The summed E-state index contributed by atoms with van der Waals surface area (Å²) in [7, 11) is 0. The number of rotatable bonds is 3. The van der Waals surface area contributed by atoms with Crippen molar-refractivity contribution in [1.29, 1.82) is 0 Å². The van der Waals surface area contributed by atoms with Crippen LogP contribution < -0.4 is 5.32 Å². The molecule has 1 heterocycles. The molecular weight excluding hydrogens is 281 g/mol. The van der Waals surface area contributed by atoms with Crippen LogP contribution in [0.2, 0.25) is 0 Å². The van der Waals surface area contributed by atoms with Gasteiger partial charge in [0.05, 0.1) is 6.42 Å². The van der Waals surface area contributed by atoms with Crippen LogP contribution in [0.25, 0.3) is 0 Å². The molecule has 1 aliphatic carbocycles. The van der Waals surface area contributed by atoms with Gasteiger partial charge in [-0.2, -0.15) is 13.2 Å². The molecule has 1 atom stereocenters. The van der Waals surface area contributed by atoms with Gasteiger partial charge in [-0.15, -0.1) is 0 Å². The molecule has 0 aromatic heterocycles. The predicted molar refractivity (Wildman–Crippen MR) is 71.4 cm³/mol. The summed E-state index contributed by atoms with van der Waals surface area (Å²) >= 11 is 0. The van der Waals surface area contributed by atoms with E-state index in [0.717, 1.165) is 11.1 Å². The normalized spacial score (nSPS) is 23.9. The van der Waals surface area contributed by atoms with E-state index in [1.807, 2.05) is 31.2 Å². The molecule has 2 aliphatic rings. The van der Waals surface area contributed by atoms with Crippen molar-refractivity contribution in [3.63, 3.8) is 0 Å². The van der Waals surface area contributed by atoms with Crippen LogP contribution in [0, 0.1) is 6.92 Å². The van der Waals surface area contributed by atoms with Gasteiger partial charge >= 0.3 is 6.18 Å². The van der Waals surface area contributed by atoms with Crippen molar-refractivity contribution in [2.24, 2.45) is 0 Å². The third-order valence-electron chi connectivity index (χ3n) is 4.26. The van der Waals surface area contributed by atoms with Gasteiger partial charge in [0.15, 0.2) is 0 Å². The third kappa shape index (κ3) is 2.64. The van der Waals surface area contributed by atoms with E-state index >= 15 is 0 Å². The fourth-order valence-corrected chi connectivity index (χ4v) is 2.89. The van der Waals surface area contributed by atoms with Crippen LogP contribution in [0.5, 0.6) is 0 Å². The number of carbonyl (C=O) groups is 1. The number of benzene rings is 1. The monoisotopic (exact) mass is 298 g/mol. The zero-order chi connectivity index (χ0) is 15.3. The van der Waals surface area contributed by atoms with Crippen molar-refractivity contribution >= 4 is 5.91 Å². The number of hydrogen-bond acceptors (Lipinski definition) is 2. The lowest BCUT2D eigenvalue weighted by Gasteiger charge is -2.26. The molecule has 1 amide bonds. The Labute approximate surface area is 121 Å². The Morgan fingerprint density at radius 1 is 1.33 bits per heavy atom. The second-order valence-electron chi connectivity index (χ2n) is 5.85. The number of alkyl halides is 3. The molecule has 1 aromatic rings. The summed E-state index contributed by atoms with van der Waals surface area (Å²) in [4.78, 5) is 13.7. The molecule has 1 N–H and O–H groups in total. The second kappa shape index (κ2) is 4.73. The number of halogens is 3. The molecule has 1 saturated carbocycles. The van der Waals surface area contributed by atoms with Gasteiger partial charge in [0, 0.05) is 6.54 Å². The number of nitrogens with zero attached hydrogens (tertiary/aromatic N) is 1. The van der Waals surface area contributed by atoms with Gasteiger partial charge in [-0.3, -0.25) is 10.1 Å². The Kier molecular flexibility index (Phi) is 3.24. The molecule has 6 heteroatoms. The first kappa shape index (κ1) is 14.4. The van der Waals surface area contributed by atoms with Gasteiger partial charge in [-0.1, -0.05) is 24.3 Å². The summed E-state index contributed by atoms with van der Waals surface area (Å²) < 4.78 is 37.5. The summed E-state index contributed by atoms with van der Waals surface area (Å²) in [6.45, 7) is 1.61. The van der Waals surface area contributed by atoms with E-state index in [4.69, 9.17) is 0 Å². The number of carbonyl (C=O) groups excluding carboxylic acids is 1. The molecule has 1 unspecified atom stereocenters. The van der Waals surface area contributed by atoms with Gasteiger partial charge in [0.1, 0.15) is 11.7 Å². The zero-order valence-electron chi connectivity index (χ0n) is 11.7. The topological polar surface area (TPSA) is 32.3 Å². The average molecular weight is 298 g/mol. The van der Waals surface area contributed by atoms with Crippen molar-refractivity contribution in [2.75, 3.05) is 6.54 Å². The first-order valence-corrected chi connectivity index (χ1v) is 7.03. The molecule has 3 nitrogen and oxygen atoms in total. The van der Waals surface area contributed by atoms with Crippen molar-refractivity contribution in [1.82, 2.24) is 10.2 Å². The molecule has 21 heavy (non-hydrogen) atoms. The molecular formula is C15H17F3N2O. The highest BCUT2D eigenvalue weighted by atomic mass is 19.4. The zero-order valence-corrected chi connectivity index (χ0v) is 11.7. The standard InChI is InChI=1S/C15H17F3N2O/c1-10-4-2-3-5-11(10)12-19-14(6-7-14)13(21)20(12)9-8-15(16,17)18/h2-5,12,19H,6-9H2,1H3. The van der Waals surface area contributed by atoms with Crippen molar-refractivity contribution in [2.45, 2.75) is 44.1 Å². The van der Waals surface area contributed by atoms with Crippen molar-refractivity contribution in [3.8, 4) is 0 Å². The highest BCUT2D eigenvalue weighted by molar-refractivity contribution is 5.92. The quantitative estimate of drug-likeness (QED) is 0.930. The van der Waals surface area contributed by atoms with E-state index in [2.05, 4.69) is 5.32 Å². The molecule has 0 bridgehead atoms. The van der Waals surface area contributed by atoms with Crippen LogP contribution in [-0.4, -0.2) is 29.1 Å². The van der Waals surface area contributed by atoms with Crippen LogP contribution in [0.1, 0.15) is 36.6 Å². The minimum atomic E-state index is -4.25. The maximum absolute atomic E-state index is 12.5. The van der Waals surface area contributed by atoms with Crippen LogP contribution in [0.15, 0.2) is 24.3 Å². The first-order chi connectivity index (χ1) is 9.82. The average Bonchev–Trinajstić information content (AvgIpc) is 3.12. The van der Waals surface area contributed by atoms with E-state index in [0.29, 0.717) is 12.8 Å². The summed E-state index contributed by atoms with van der Waals surface area (Å²) in [6, 6.07) is 7.49. The molecule has 1 spiro atoms. The molecule has 1 saturated heterocycles. The van der Waals surface area contributed by atoms with E-state index in [1.165, 1.54) is 4.90 Å². The Bertz CT molecular complexity index is 566. The first-order valence-electron chi connectivity index (χ1n) is 7.03. The molecule has 114 valence electrons. The molecule has 2 fully saturated rings. The summed E-state index contributed by atoms with van der Waals surface area (Å²) in [5.74, 6) is -0.194. The second-order valence-corrected chi connectivity index (χ2v) is 5.85. The van der Waals surface area contributed by atoms with Gasteiger partial charge in [0.25, 0.3) is 0 Å². The van der Waals surface area contributed by atoms with Gasteiger partial charge in [0.2, 0.25) is 5.91 Å². The highest BCUT2D eigenvalue weighted by Crippen LogP contribution is 2.46. The van der Waals surface area contributed by atoms with Crippen LogP contribution in [0.3, 0.4) is 0 Å². The van der Waals surface area contributed by atoms with Crippen molar-refractivity contribution < 1.29 is 18.0 Å². The number of nitrogens with one attached hydrogen (secondary N) is 1. The van der Waals surface area contributed by atoms with Gasteiger partial charge < -0.3 is 4.90 Å². The van der Waals surface area contributed by atoms with E-state index in [1.54, 1.807) is 0 Å². The number of aryl methyl sites for hydroxylation is 1. The van der Waals surface area contributed by atoms with E-state index in [-0.39, 0.29) is 12.5 Å². The SMILES string of the molecule is Cc1ccccc1C1NC2(CC2)C(=O)N1CCC(F)(F)F. The number of hydrogen-bond donors (Lipinski definition) is 1. The van der Waals surface area contributed by atoms with E-state index < -0.39 is 24.3 Å². The van der Waals surface area contributed by atoms with Gasteiger partial charge in [-0.25, -0.2) is 0 Å². The summed E-state index contributed by atoms with van der Waals surface area (Å²) in [6.07, 6.45) is -4.27. The van der Waals surface area contributed by atoms with E-state index in [9.17, 15) is 18.0 Å². The molecule has 3 rings (SSSR count). The lowest BCUT2D eigenvalue weighted by Crippen LogP contribution is -2.34. The smallest absolute Gasteiger partial charge is 0.321 e. The highest BCUT2D eigenvalue weighted by Gasteiger charge is 2.59. The summed E-state index contributed by atoms with van der Waals surface area (Å²) in [5, 5.41) is 3.24. The third-order valence-corrected chi connectivity index (χ3v) is 4.26. The fraction of sp³-hybridized carbons (Fsp3) is 0.533. The lowest BCUT2D eigenvalue weighted by atomic mass is 10.1. The number of amides is 1. The molecule has 1 aromatic carbocycles. The summed E-state index contributed by atoms with van der Waals surface area (Å²) in [5.41, 5.74) is 1.23. The van der Waals surface area contributed by atoms with Crippen LogP contribution >= 0.6 is 0 Å². The molecule has 0 radical (unpaired) electrons. The van der Waals surface area contributed by atoms with Crippen molar-refractivity contribution in [3.05, 3.63) is 35.4 Å². The minimum absolute atomic E-state index is 0.194. The maximum Gasteiger partial charge on any atom is 0.390 e. The Morgan fingerprint density at radius 2 is 2.00 bits per heavy atom. The maximum atomic E-state index is 12.5. The van der Waals surface area contributed by atoms with Crippen LogP contribution in [-0.2, 0) is 4.79 Å². The fourth-order valence-electron chi connectivity index (χ4n) is 2.89. The largest absolute Gasteiger partial charge is 0.390 e. The molecule has 1 aliphatic heterocycles. The van der Waals surface area contributed by atoms with Crippen LogP contribution in [0.4, 0.5) is 13.2 Å². The Hall–Kier alpha value is -1.56. The Balaban J connectivity index is 1.87. The van der Waals surface area contributed by atoms with Gasteiger partial charge in [-0.05, 0) is 30.9 Å². The Morgan fingerprint density at radius 3 is 2.57 bits per heavy atom. The minimum Gasteiger partial charge on any atom is -0.321 e. The lowest BCUT2D eigenvalue weighted by molar-refractivity contribution is -0.145.